The van der Waals surface area contributed by atoms with Gasteiger partial charge in [0.2, 0.25) is 0 Å². The van der Waals surface area contributed by atoms with E-state index in [1.165, 1.54) is 10.4 Å². The van der Waals surface area contributed by atoms with E-state index in [2.05, 4.69) is 17.1 Å². The molecule has 2 heterocycles. The van der Waals surface area contributed by atoms with Crippen LogP contribution in [0.2, 0.25) is 0 Å². The van der Waals surface area contributed by atoms with Crippen LogP contribution in [0.15, 0.2) is 42.6 Å². The zero-order valence-electron chi connectivity index (χ0n) is 10.5. The maximum absolute atomic E-state index is 6.18. The first-order valence-corrected chi connectivity index (χ1v) is 7.02. The second-order valence-corrected chi connectivity index (χ2v) is 5.62. The first kappa shape index (κ1) is 12.0. The molecule has 19 heavy (non-hydrogen) atoms. The number of nitrogens with zero attached hydrogens (tertiary/aromatic N) is 1. The van der Waals surface area contributed by atoms with Gasteiger partial charge in [-0.2, -0.15) is 0 Å². The fraction of sp³-hybridized carbons (Fsp3) is 0.133. The number of aromatic nitrogens is 1. The van der Waals surface area contributed by atoms with Crippen LogP contribution in [0.1, 0.15) is 10.4 Å². The van der Waals surface area contributed by atoms with E-state index in [0.29, 0.717) is 0 Å². The van der Waals surface area contributed by atoms with Gasteiger partial charge in [0.25, 0.3) is 0 Å². The average molecular weight is 269 g/mol. The number of anilines is 2. The van der Waals surface area contributed by atoms with E-state index in [4.69, 9.17) is 11.5 Å². The smallest absolute Gasteiger partial charge is 0.125 e. The summed E-state index contributed by atoms with van der Waals surface area (Å²) in [5.74, 6) is 0. The number of fused-ring (bicyclic) bond motifs is 1. The Morgan fingerprint density at radius 3 is 2.53 bits per heavy atom. The average Bonchev–Trinajstić information content (AvgIpc) is 2.76. The quantitative estimate of drug-likeness (QED) is 0.717. The normalized spacial score (nSPS) is 10.9. The Kier molecular flexibility index (Phi) is 3.09. The number of nitrogen functional groups attached to an aromatic ring is 2. The minimum absolute atomic E-state index is 0.800. The maximum Gasteiger partial charge on any atom is 0.125 e. The van der Waals surface area contributed by atoms with E-state index >= 15 is 0 Å². The van der Waals surface area contributed by atoms with E-state index in [-0.39, 0.29) is 0 Å². The zero-order valence-corrected chi connectivity index (χ0v) is 11.3. The number of nitrogens with two attached hydrogens (primary N) is 2. The van der Waals surface area contributed by atoms with Crippen LogP contribution in [0.3, 0.4) is 0 Å². The van der Waals surface area contributed by atoms with Crippen molar-refractivity contribution in [3.8, 4) is 0 Å². The van der Waals surface area contributed by atoms with Crippen molar-refractivity contribution >= 4 is 32.9 Å². The molecule has 96 valence electrons. The highest BCUT2D eigenvalue weighted by Crippen LogP contribution is 2.32. The molecule has 0 unspecified atom stereocenters. The Morgan fingerprint density at radius 2 is 1.79 bits per heavy atom. The van der Waals surface area contributed by atoms with E-state index in [9.17, 15) is 0 Å². The summed E-state index contributed by atoms with van der Waals surface area (Å²) in [5, 5.41) is 1.07. The molecule has 3 aromatic rings. The first-order valence-electron chi connectivity index (χ1n) is 6.20. The lowest BCUT2D eigenvalue weighted by molar-refractivity contribution is 0.984. The molecule has 0 aliphatic carbocycles. The van der Waals surface area contributed by atoms with Gasteiger partial charge in [-0.05, 0) is 42.7 Å². The molecule has 0 atom stereocenters. The van der Waals surface area contributed by atoms with E-state index in [0.717, 1.165) is 34.4 Å². The molecule has 2 aromatic heterocycles. The van der Waals surface area contributed by atoms with Crippen LogP contribution < -0.4 is 11.5 Å². The van der Waals surface area contributed by atoms with E-state index < -0.39 is 0 Å². The van der Waals surface area contributed by atoms with Gasteiger partial charge in [-0.3, -0.25) is 0 Å². The Hall–Kier alpha value is -2.07. The molecule has 0 saturated heterocycles. The van der Waals surface area contributed by atoms with E-state index in [1.807, 2.05) is 30.5 Å². The van der Waals surface area contributed by atoms with Gasteiger partial charge in [-0.15, -0.1) is 11.3 Å². The van der Waals surface area contributed by atoms with Crippen LogP contribution in [0, 0.1) is 0 Å². The highest BCUT2D eigenvalue weighted by atomic mass is 32.1. The van der Waals surface area contributed by atoms with Gasteiger partial charge in [0.15, 0.2) is 0 Å². The van der Waals surface area contributed by atoms with Crippen molar-refractivity contribution in [1.29, 1.82) is 0 Å². The molecule has 3 rings (SSSR count). The summed E-state index contributed by atoms with van der Waals surface area (Å²) in [4.78, 5) is 6.59. The predicted octanol–water partition coefficient (Wildman–Crippen LogP) is 3.25. The second kappa shape index (κ2) is 4.90. The number of benzene rings is 1. The highest BCUT2D eigenvalue weighted by Gasteiger charge is 2.09. The largest absolute Gasteiger partial charge is 0.399 e. The molecule has 0 radical (unpaired) electrons. The summed E-state index contributed by atoms with van der Waals surface area (Å²) < 4.78 is 0. The predicted molar refractivity (Wildman–Crippen MR) is 82.3 cm³/mol. The molecule has 0 aliphatic rings. The van der Waals surface area contributed by atoms with Crippen LogP contribution in [-0.2, 0) is 12.8 Å². The molecule has 1 aromatic carbocycles. The molecular formula is C15H15N3S. The Balaban J connectivity index is 1.82. The number of hydrogen-bond donors (Lipinski definition) is 2. The topological polar surface area (TPSA) is 64.9 Å². The zero-order chi connectivity index (χ0) is 13.2. The van der Waals surface area contributed by atoms with Gasteiger partial charge in [-0.1, -0.05) is 12.1 Å². The lowest BCUT2D eigenvalue weighted by atomic mass is 10.1. The van der Waals surface area contributed by atoms with E-state index in [1.54, 1.807) is 11.3 Å². The molecule has 4 heteroatoms. The Labute approximate surface area is 115 Å². The van der Waals surface area contributed by atoms with Crippen LogP contribution in [0.25, 0.3) is 10.2 Å². The fourth-order valence-corrected chi connectivity index (χ4v) is 3.19. The number of aryl methyl sites for hydroxylation is 2. The van der Waals surface area contributed by atoms with Crippen molar-refractivity contribution in [2.24, 2.45) is 0 Å². The minimum Gasteiger partial charge on any atom is -0.399 e. The summed E-state index contributed by atoms with van der Waals surface area (Å²) in [6.07, 6.45) is 3.72. The monoisotopic (exact) mass is 269 g/mol. The standard InChI is InChI=1S/C15H15N3S/c16-11-6-3-10(4-7-11)5-8-13-14(17)12-2-1-9-18-15(12)19-13/h1-4,6-7,9H,5,8,16-17H2. The molecule has 0 spiro atoms. The second-order valence-electron chi connectivity index (χ2n) is 4.54. The highest BCUT2D eigenvalue weighted by molar-refractivity contribution is 7.19. The van der Waals surface area contributed by atoms with Crippen molar-refractivity contribution in [3.05, 3.63) is 53.0 Å². The SMILES string of the molecule is Nc1ccc(CCc2sc3ncccc3c2N)cc1. The van der Waals surface area contributed by atoms with Crippen LogP contribution in [0.4, 0.5) is 11.4 Å². The molecule has 0 saturated carbocycles. The van der Waals surface area contributed by atoms with Gasteiger partial charge < -0.3 is 11.5 Å². The van der Waals surface area contributed by atoms with Gasteiger partial charge in [-0.25, -0.2) is 4.98 Å². The first-order chi connectivity index (χ1) is 9.24. The van der Waals surface area contributed by atoms with Crippen molar-refractivity contribution in [2.45, 2.75) is 12.8 Å². The summed E-state index contributed by atoms with van der Waals surface area (Å²) in [6, 6.07) is 12.0. The van der Waals surface area contributed by atoms with Gasteiger partial charge in [0.1, 0.15) is 4.83 Å². The summed E-state index contributed by atoms with van der Waals surface area (Å²) in [5.41, 5.74) is 14.8. The van der Waals surface area contributed by atoms with Crippen LogP contribution in [0.5, 0.6) is 0 Å². The van der Waals surface area contributed by atoms with Crippen LogP contribution in [-0.4, -0.2) is 4.98 Å². The van der Waals surface area contributed by atoms with Crippen molar-refractivity contribution < 1.29 is 0 Å². The number of pyridine rings is 1. The molecule has 0 fully saturated rings. The minimum atomic E-state index is 0.800. The van der Waals surface area contributed by atoms with Gasteiger partial charge >= 0.3 is 0 Å². The third-order valence-electron chi connectivity index (χ3n) is 3.20. The van der Waals surface area contributed by atoms with Gasteiger partial charge in [0, 0.05) is 22.1 Å². The lowest BCUT2D eigenvalue weighted by Crippen LogP contribution is -1.94. The molecular weight excluding hydrogens is 254 g/mol. The van der Waals surface area contributed by atoms with Crippen molar-refractivity contribution in [2.75, 3.05) is 11.5 Å². The Morgan fingerprint density at radius 1 is 1.00 bits per heavy atom. The number of hydrogen-bond acceptors (Lipinski definition) is 4. The van der Waals surface area contributed by atoms with Crippen molar-refractivity contribution in [3.63, 3.8) is 0 Å². The molecule has 3 nitrogen and oxygen atoms in total. The Bertz CT molecular complexity index is 701. The molecule has 0 amide bonds. The number of thiophene rings is 1. The third-order valence-corrected chi connectivity index (χ3v) is 4.39. The number of rotatable bonds is 3. The van der Waals surface area contributed by atoms with Crippen molar-refractivity contribution in [1.82, 2.24) is 4.98 Å². The maximum atomic E-state index is 6.18. The summed E-state index contributed by atoms with van der Waals surface area (Å²) >= 11 is 1.69. The molecule has 0 aliphatic heterocycles. The summed E-state index contributed by atoms with van der Waals surface area (Å²) in [6.45, 7) is 0. The van der Waals surface area contributed by atoms with Gasteiger partial charge in [0.05, 0.1) is 5.69 Å². The lowest BCUT2D eigenvalue weighted by Gasteiger charge is -2.01. The molecule has 0 bridgehead atoms. The fourth-order valence-electron chi connectivity index (χ4n) is 2.13. The third kappa shape index (κ3) is 2.39. The molecule has 4 N–H and O–H groups in total. The summed E-state index contributed by atoms with van der Waals surface area (Å²) in [7, 11) is 0. The van der Waals surface area contributed by atoms with Crippen LogP contribution >= 0.6 is 11.3 Å².